The Kier molecular flexibility index (Phi) is 4.58. The predicted molar refractivity (Wildman–Crippen MR) is 96.0 cm³/mol. The van der Waals surface area contributed by atoms with Crippen molar-refractivity contribution >= 4 is 11.9 Å². The molecule has 0 aliphatic carbocycles. The van der Waals surface area contributed by atoms with Gasteiger partial charge in [0, 0.05) is 32.9 Å². The number of carbonyl (C=O) groups is 1. The Morgan fingerprint density at radius 1 is 1.27 bits per heavy atom. The third-order valence-electron chi connectivity index (χ3n) is 4.96. The van der Waals surface area contributed by atoms with Gasteiger partial charge < -0.3 is 14.5 Å². The van der Waals surface area contributed by atoms with Crippen LogP contribution in [-0.2, 0) is 11.8 Å². The molecule has 26 heavy (non-hydrogen) atoms. The molecular weight excluding hydrogens is 332 g/mol. The number of ether oxygens (including phenoxy) is 1. The molecule has 8 heteroatoms. The quantitative estimate of drug-likeness (QED) is 0.826. The highest BCUT2D eigenvalue weighted by Crippen LogP contribution is 2.24. The summed E-state index contributed by atoms with van der Waals surface area (Å²) in [4.78, 5) is 26.0. The summed E-state index contributed by atoms with van der Waals surface area (Å²) >= 11 is 0. The van der Waals surface area contributed by atoms with Crippen LogP contribution in [0.4, 0.5) is 5.95 Å². The number of hydrogen-bond acceptors (Lipinski definition) is 6. The molecule has 8 nitrogen and oxygen atoms in total. The van der Waals surface area contributed by atoms with Crippen LogP contribution in [0.15, 0.2) is 18.3 Å². The van der Waals surface area contributed by atoms with E-state index in [1.54, 1.807) is 17.9 Å². The highest BCUT2D eigenvalue weighted by atomic mass is 16.5. The van der Waals surface area contributed by atoms with E-state index in [0.717, 1.165) is 30.4 Å². The smallest absolute Gasteiger partial charge is 0.272 e. The number of rotatable bonds is 3. The van der Waals surface area contributed by atoms with Gasteiger partial charge in [0.25, 0.3) is 5.91 Å². The number of aromatic nitrogens is 4. The molecule has 0 bridgehead atoms. The Balaban J connectivity index is 1.51. The number of aryl methyl sites for hydroxylation is 2. The molecule has 0 spiro atoms. The molecule has 2 aliphatic heterocycles. The molecule has 138 valence electrons. The molecule has 0 N–H and O–H groups in total. The van der Waals surface area contributed by atoms with Crippen molar-refractivity contribution in [3.8, 4) is 0 Å². The fourth-order valence-electron chi connectivity index (χ4n) is 3.60. The van der Waals surface area contributed by atoms with Crippen molar-refractivity contribution in [1.29, 1.82) is 0 Å². The Morgan fingerprint density at radius 3 is 2.81 bits per heavy atom. The fourth-order valence-corrected chi connectivity index (χ4v) is 3.60. The Morgan fingerprint density at radius 2 is 2.08 bits per heavy atom. The summed E-state index contributed by atoms with van der Waals surface area (Å²) in [7, 11) is 1.80. The summed E-state index contributed by atoms with van der Waals surface area (Å²) in [6, 6.07) is 3.70. The molecular formula is C18H24N6O2. The minimum absolute atomic E-state index is 0.0183. The summed E-state index contributed by atoms with van der Waals surface area (Å²) in [6.07, 6.45) is 3.91. The van der Waals surface area contributed by atoms with Crippen LogP contribution in [0.2, 0.25) is 0 Å². The van der Waals surface area contributed by atoms with Gasteiger partial charge in [-0.2, -0.15) is 5.10 Å². The third-order valence-corrected chi connectivity index (χ3v) is 4.96. The van der Waals surface area contributed by atoms with Crippen LogP contribution in [0.25, 0.3) is 0 Å². The second-order valence-electron chi connectivity index (χ2n) is 6.88. The van der Waals surface area contributed by atoms with Crippen LogP contribution < -0.4 is 4.90 Å². The summed E-state index contributed by atoms with van der Waals surface area (Å²) < 4.78 is 7.55. The van der Waals surface area contributed by atoms with Gasteiger partial charge in [0.05, 0.1) is 24.5 Å². The van der Waals surface area contributed by atoms with Gasteiger partial charge in [0.2, 0.25) is 5.95 Å². The molecule has 2 aromatic rings. The van der Waals surface area contributed by atoms with Gasteiger partial charge in [-0.15, -0.1) is 0 Å². The summed E-state index contributed by atoms with van der Waals surface area (Å²) in [5.74, 6) is 0.740. The molecule has 0 aromatic carbocycles. The number of hydrogen-bond donors (Lipinski definition) is 0. The maximum atomic E-state index is 12.9. The monoisotopic (exact) mass is 356 g/mol. The average Bonchev–Trinajstić information content (AvgIpc) is 3.31. The van der Waals surface area contributed by atoms with E-state index < -0.39 is 0 Å². The van der Waals surface area contributed by atoms with Gasteiger partial charge in [-0.05, 0) is 31.9 Å². The summed E-state index contributed by atoms with van der Waals surface area (Å²) in [6.45, 7) is 5.44. The van der Waals surface area contributed by atoms with Crippen molar-refractivity contribution in [2.45, 2.75) is 25.9 Å². The summed E-state index contributed by atoms with van der Waals surface area (Å²) in [5, 5.41) is 4.27. The van der Waals surface area contributed by atoms with Gasteiger partial charge in [-0.3, -0.25) is 9.48 Å². The van der Waals surface area contributed by atoms with Gasteiger partial charge in [0.1, 0.15) is 11.8 Å². The number of amides is 1. The number of carbonyl (C=O) groups excluding carboxylic acids is 1. The lowest BCUT2D eigenvalue weighted by Gasteiger charge is -2.32. The van der Waals surface area contributed by atoms with Crippen molar-refractivity contribution in [1.82, 2.24) is 24.6 Å². The first-order chi connectivity index (χ1) is 12.6. The van der Waals surface area contributed by atoms with Crippen molar-refractivity contribution in [3.05, 3.63) is 35.4 Å². The van der Waals surface area contributed by atoms with Crippen molar-refractivity contribution in [3.63, 3.8) is 0 Å². The second kappa shape index (κ2) is 7.03. The van der Waals surface area contributed by atoms with E-state index in [2.05, 4.69) is 15.0 Å². The molecule has 2 aliphatic rings. The zero-order valence-corrected chi connectivity index (χ0v) is 15.3. The van der Waals surface area contributed by atoms with Crippen molar-refractivity contribution < 1.29 is 9.53 Å². The lowest BCUT2D eigenvalue weighted by atomic mass is 10.2. The normalized spacial score (nSPS) is 20.6. The van der Waals surface area contributed by atoms with E-state index in [-0.39, 0.29) is 12.0 Å². The molecule has 0 saturated carbocycles. The molecule has 2 aromatic heterocycles. The molecule has 2 fully saturated rings. The van der Waals surface area contributed by atoms with Gasteiger partial charge in [-0.25, -0.2) is 9.97 Å². The van der Waals surface area contributed by atoms with Crippen LogP contribution >= 0.6 is 0 Å². The average molecular weight is 356 g/mol. The maximum absolute atomic E-state index is 12.9. The van der Waals surface area contributed by atoms with Crippen molar-refractivity contribution in [2.24, 2.45) is 7.05 Å². The second-order valence-corrected chi connectivity index (χ2v) is 6.88. The molecule has 2 saturated heterocycles. The standard InChI is InChI=1S/C18H24N6O2/c1-13-11-15(22(2)21-13)17(25)24-9-10-26-16(12-24)14-5-6-19-18(20-14)23-7-3-4-8-23/h5-6,11,16H,3-4,7-10,12H2,1-2H3/t16-/m0/s1. The largest absolute Gasteiger partial charge is 0.368 e. The van der Waals surface area contributed by atoms with E-state index in [4.69, 9.17) is 9.72 Å². The lowest BCUT2D eigenvalue weighted by molar-refractivity contribution is -0.0250. The zero-order chi connectivity index (χ0) is 18.1. The zero-order valence-electron chi connectivity index (χ0n) is 15.3. The van der Waals surface area contributed by atoms with Crippen LogP contribution in [0.1, 0.15) is 40.8 Å². The SMILES string of the molecule is Cc1cc(C(=O)N2CCO[C@H](c3ccnc(N4CCCC4)n3)C2)n(C)n1. The Hall–Kier alpha value is -2.48. The van der Waals surface area contributed by atoms with Gasteiger partial charge in [0.15, 0.2) is 0 Å². The molecule has 1 atom stereocenters. The third kappa shape index (κ3) is 3.29. The van der Waals surface area contributed by atoms with E-state index in [9.17, 15) is 4.79 Å². The fraction of sp³-hybridized carbons (Fsp3) is 0.556. The van der Waals surface area contributed by atoms with E-state index >= 15 is 0 Å². The van der Waals surface area contributed by atoms with Crippen LogP contribution in [0.5, 0.6) is 0 Å². The first kappa shape index (κ1) is 17.0. The van der Waals surface area contributed by atoms with Gasteiger partial charge >= 0.3 is 0 Å². The molecule has 4 heterocycles. The van der Waals surface area contributed by atoms with E-state index in [0.29, 0.717) is 25.4 Å². The first-order valence-corrected chi connectivity index (χ1v) is 9.11. The molecule has 4 rings (SSSR count). The Labute approximate surface area is 152 Å². The first-order valence-electron chi connectivity index (χ1n) is 9.11. The van der Waals surface area contributed by atoms with Crippen LogP contribution in [0, 0.1) is 6.92 Å². The minimum atomic E-state index is -0.230. The Bertz CT molecular complexity index is 799. The topological polar surface area (TPSA) is 76.4 Å². The molecule has 0 radical (unpaired) electrons. The van der Waals surface area contributed by atoms with E-state index in [1.807, 2.05) is 24.0 Å². The number of nitrogens with zero attached hydrogens (tertiary/aromatic N) is 6. The van der Waals surface area contributed by atoms with E-state index in [1.165, 1.54) is 12.8 Å². The lowest BCUT2D eigenvalue weighted by Crippen LogP contribution is -2.43. The highest BCUT2D eigenvalue weighted by molar-refractivity contribution is 5.92. The highest BCUT2D eigenvalue weighted by Gasteiger charge is 2.29. The molecule has 1 amide bonds. The van der Waals surface area contributed by atoms with Crippen LogP contribution in [0.3, 0.4) is 0 Å². The summed E-state index contributed by atoms with van der Waals surface area (Å²) in [5.41, 5.74) is 2.27. The minimum Gasteiger partial charge on any atom is -0.368 e. The predicted octanol–water partition coefficient (Wildman–Crippen LogP) is 1.33. The number of anilines is 1. The maximum Gasteiger partial charge on any atom is 0.272 e. The van der Waals surface area contributed by atoms with Crippen LogP contribution in [-0.4, -0.2) is 63.3 Å². The molecule has 0 unspecified atom stereocenters. The van der Waals surface area contributed by atoms with Crippen molar-refractivity contribution in [2.75, 3.05) is 37.7 Å². The van der Waals surface area contributed by atoms with Gasteiger partial charge in [-0.1, -0.05) is 0 Å². The number of morpholine rings is 1.